The summed E-state index contributed by atoms with van der Waals surface area (Å²) in [5.74, 6) is 0.211. The summed E-state index contributed by atoms with van der Waals surface area (Å²) < 4.78 is 5.52. The maximum absolute atomic E-state index is 12.1. The predicted octanol–water partition coefficient (Wildman–Crippen LogP) is 3.36. The van der Waals surface area contributed by atoms with Crippen LogP contribution in [0.3, 0.4) is 0 Å². The fraction of sp³-hybridized carbons (Fsp3) is 0.348. The molecule has 1 heterocycles. The van der Waals surface area contributed by atoms with Gasteiger partial charge in [-0.05, 0) is 75.7 Å². The quantitative estimate of drug-likeness (QED) is 0.766. The Morgan fingerprint density at radius 3 is 2.27 bits per heavy atom. The van der Waals surface area contributed by atoms with Crippen LogP contribution in [0.25, 0.3) is 0 Å². The summed E-state index contributed by atoms with van der Waals surface area (Å²) in [5.41, 5.74) is 1.63. The number of hydrogen-bond acceptors (Lipinski definition) is 4. The van der Waals surface area contributed by atoms with E-state index in [0.717, 1.165) is 18.7 Å². The van der Waals surface area contributed by atoms with E-state index >= 15 is 0 Å². The minimum atomic E-state index is -0.316. The molecule has 3 rings (SSSR count). The number of amides is 3. The second-order valence-electron chi connectivity index (χ2n) is 8.26. The summed E-state index contributed by atoms with van der Waals surface area (Å²) in [4.78, 5) is 37.8. The molecule has 0 aliphatic carbocycles. The van der Waals surface area contributed by atoms with Crippen molar-refractivity contribution in [1.82, 2.24) is 5.32 Å². The average molecular weight is 409 g/mol. The lowest BCUT2D eigenvalue weighted by atomic mass is 10.1. The van der Waals surface area contributed by atoms with Crippen molar-refractivity contribution >= 4 is 29.1 Å². The number of anilines is 2. The van der Waals surface area contributed by atoms with Crippen LogP contribution in [0.15, 0.2) is 48.5 Å². The molecule has 2 aromatic carbocycles. The highest BCUT2D eigenvalue weighted by Gasteiger charge is 2.21. The molecule has 1 aliphatic rings. The van der Waals surface area contributed by atoms with Gasteiger partial charge in [0.15, 0.2) is 6.61 Å². The number of ether oxygens (including phenoxy) is 1. The van der Waals surface area contributed by atoms with Crippen LogP contribution in [-0.2, 0) is 9.59 Å². The number of carbonyl (C=O) groups is 3. The largest absolute Gasteiger partial charge is 0.484 e. The molecule has 0 atom stereocenters. The van der Waals surface area contributed by atoms with E-state index in [4.69, 9.17) is 4.74 Å². The van der Waals surface area contributed by atoms with E-state index < -0.39 is 0 Å². The lowest BCUT2D eigenvalue weighted by Gasteiger charge is -2.20. The Labute approximate surface area is 176 Å². The van der Waals surface area contributed by atoms with Crippen LogP contribution in [0, 0.1) is 0 Å². The summed E-state index contributed by atoms with van der Waals surface area (Å²) in [6.45, 7) is 6.34. The molecule has 1 aliphatic heterocycles. The van der Waals surface area contributed by atoms with Crippen LogP contribution < -0.4 is 20.3 Å². The van der Waals surface area contributed by atoms with E-state index in [2.05, 4.69) is 10.6 Å². The second-order valence-corrected chi connectivity index (χ2v) is 8.26. The normalized spacial score (nSPS) is 13.8. The maximum Gasteiger partial charge on any atom is 0.262 e. The monoisotopic (exact) mass is 409 g/mol. The highest BCUT2D eigenvalue weighted by molar-refractivity contribution is 5.96. The summed E-state index contributed by atoms with van der Waals surface area (Å²) in [6, 6.07) is 13.8. The highest BCUT2D eigenvalue weighted by Crippen LogP contribution is 2.24. The highest BCUT2D eigenvalue weighted by atomic mass is 16.5. The number of rotatable bonds is 6. The predicted molar refractivity (Wildman–Crippen MR) is 116 cm³/mol. The molecule has 0 aromatic heterocycles. The molecule has 2 N–H and O–H groups in total. The second kappa shape index (κ2) is 8.98. The minimum absolute atomic E-state index is 0.130. The third kappa shape index (κ3) is 5.83. The van der Waals surface area contributed by atoms with Gasteiger partial charge in [-0.1, -0.05) is 0 Å². The van der Waals surface area contributed by atoms with E-state index in [1.165, 1.54) is 0 Å². The van der Waals surface area contributed by atoms with Gasteiger partial charge in [-0.2, -0.15) is 0 Å². The summed E-state index contributed by atoms with van der Waals surface area (Å²) in [7, 11) is 0. The van der Waals surface area contributed by atoms with Gasteiger partial charge in [-0.15, -0.1) is 0 Å². The van der Waals surface area contributed by atoms with Gasteiger partial charge in [0.1, 0.15) is 5.75 Å². The first kappa shape index (κ1) is 21.4. The number of carbonyl (C=O) groups excluding carboxylic acids is 3. The van der Waals surface area contributed by atoms with Crippen LogP contribution in [0.2, 0.25) is 0 Å². The van der Waals surface area contributed by atoms with Crippen LogP contribution in [-0.4, -0.2) is 36.4 Å². The third-order valence-corrected chi connectivity index (χ3v) is 4.51. The number of nitrogens with one attached hydrogen (secondary N) is 2. The molecule has 0 saturated carbocycles. The van der Waals surface area contributed by atoms with Crippen molar-refractivity contribution in [3.05, 3.63) is 54.1 Å². The summed E-state index contributed by atoms with van der Waals surface area (Å²) in [5, 5.41) is 5.63. The van der Waals surface area contributed by atoms with E-state index in [-0.39, 0.29) is 29.9 Å². The van der Waals surface area contributed by atoms with E-state index in [0.29, 0.717) is 23.4 Å². The Hall–Kier alpha value is -3.35. The molecule has 2 aromatic rings. The molecule has 0 unspecified atom stereocenters. The Kier molecular flexibility index (Phi) is 6.40. The molecular weight excluding hydrogens is 382 g/mol. The zero-order chi connectivity index (χ0) is 21.7. The van der Waals surface area contributed by atoms with Crippen molar-refractivity contribution in [2.75, 3.05) is 23.4 Å². The van der Waals surface area contributed by atoms with Gasteiger partial charge < -0.3 is 20.3 Å². The molecule has 0 bridgehead atoms. The zero-order valence-electron chi connectivity index (χ0n) is 17.5. The van der Waals surface area contributed by atoms with Crippen molar-refractivity contribution in [2.45, 2.75) is 39.2 Å². The fourth-order valence-electron chi connectivity index (χ4n) is 3.11. The Balaban J connectivity index is 1.48. The number of nitrogens with zero attached hydrogens (tertiary/aromatic N) is 1. The molecule has 30 heavy (non-hydrogen) atoms. The molecule has 0 spiro atoms. The molecule has 3 amide bonds. The molecule has 7 nitrogen and oxygen atoms in total. The first-order valence-corrected chi connectivity index (χ1v) is 9.97. The van der Waals surface area contributed by atoms with Gasteiger partial charge in [0.2, 0.25) is 5.91 Å². The Morgan fingerprint density at radius 2 is 1.70 bits per heavy atom. The maximum atomic E-state index is 12.1. The molecule has 1 fully saturated rings. The number of benzene rings is 2. The van der Waals surface area contributed by atoms with Crippen molar-refractivity contribution < 1.29 is 19.1 Å². The smallest absolute Gasteiger partial charge is 0.262 e. The average Bonchev–Trinajstić information content (AvgIpc) is 3.12. The van der Waals surface area contributed by atoms with Gasteiger partial charge in [0, 0.05) is 35.4 Å². The van der Waals surface area contributed by atoms with Crippen molar-refractivity contribution in [1.29, 1.82) is 0 Å². The van der Waals surface area contributed by atoms with Crippen molar-refractivity contribution in [2.24, 2.45) is 0 Å². The summed E-state index contributed by atoms with van der Waals surface area (Å²) >= 11 is 0. The lowest BCUT2D eigenvalue weighted by Crippen LogP contribution is -2.40. The molecule has 158 valence electrons. The standard InChI is InChI=1S/C23H27N3O4/c1-23(2,3)25-22(29)16-6-8-17(9-7-16)24-20(27)15-30-19-12-10-18(11-13-19)26-14-4-5-21(26)28/h6-13H,4-5,14-15H2,1-3H3,(H,24,27)(H,25,29). The van der Waals surface area contributed by atoms with Gasteiger partial charge >= 0.3 is 0 Å². The van der Waals surface area contributed by atoms with E-state index in [1.807, 2.05) is 32.9 Å². The number of hydrogen-bond donors (Lipinski definition) is 2. The molecule has 0 radical (unpaired) electrons. The van der Waals surface area contributed by atoms with Crippen LogP contribution >= 0.6 is 0 Å². The van der Waals surface area contributed by atoms with E-state index in [1.54, 1.807) is 41.3 Å². The molecule has 7 heteroatoms. The zero-order valence-corrected chi connectivity index (χ0v) is 17.5. The van der Waals surface area contributed by atoms with Gasteiger partial charge in [-0.3, -0.25) is 14.4 Å². The first-order chi connectivity index (χ1) is 14.2. The van der Waals surface area contributed by atoms with Crippen molar-refractivity contribution in [3.63, 3.8) is 0 Å². The van der Waals surface area contributed by atoms with Gasteiger partial charge in [-0.25, -0.2) is 0 Å². The summed E-state index contributed by atoms with van der Waals surface area (Å²) in [6.07, 6.45) is 1.46. The molecule has 1 saturated heterocycles. The van der Waals surface area contributed by atoms with Crippen LogP contribution in [0.5, 0.6) is 5.75 Å². The third-order valence-electron chi connectivity index (χ3n) is 4.51. The topological polar surface area (TPSA) is 87.7 Å². The fourth-order valence-corrected chi connectivity index (χ4v) is 3.11. The van der Waals surface area contributed by atoms with Crippen LogP contribution in [0.4, 0.5) is 11.4 Å². The Morgan fingerprint density at radius 1 is 1.03 bits per heavy atom. The van der Waals surface area contributed by atoms with E-state index in [9.17, 15) is 14.4 Å². The van der Waals surface area contributed by atoms with Gasteiger partial charge in [0.05, 0.1) is 0 Å². The lowest BCUT2D eigenvalue weighted by molar-refractivity contribution is -0.118. The van der Waals surface area contributed by atoms with Crippen molar-refractivity contribution in [3.8, 4) is 5.75 Å². The SMILES string of the molecule is CC(C)(C)NC(=O)c1ccc(NC(=O)COc2ccc(N3CCCC3=O)cc2)cc1. The minimum Gasteiger partial charge on any atom is -0.484 e. The van der Waals surface area contributed by atoms with Crippen LogP contribution in [0.1, 0.15) is 44.0 Å². The molecular formula is C23H27N3O4. The first-order valence-electron chi connectivity index (χ1n) is 9.97. The van der Waals surface area contributed by atoms with Gasteiger partial charge in [0.25, 0.3) is 11.8 Å². The Bertz CT molecular complexity index is 915.